The molecule has 1 aliphatic rings. The summed E-state index contributed by atoms with van der Waals surface area (Å²) >= 11 is 4.50. The largest absolute Gasteiger partial charge is 0.503 e. The van der Waals surface area contributed by atoms with Crippen molar-refractivity contribution in [2.24, 2.45) is 4.99 Å². The zero-order chi connectivity index (χ0) is 26.9. The zero-order valence-corrected chi connectivity index (χ0v) is 23.2. The van der Waals surface area contributed by atoms with Gasteiger partial charge in [-0.3, -0.25) is 9.36 Å². The number of methoxy groups -OCH3 is 3. The predicted molar refractivity (Wildman–Crippen MR) is 142 cm³/mol. The van der Waals surface area contributed by atoms with Gasteiger partial charge in [0.25, 0.3) is 5.56 Å². The van der Waals surface area contributed by atoms with E-state index < -0.39 is 12.0 Å². The first kappa shape index (κ1) is 26.5. The topological polar surface area (TPSA) is 109 Å². The molecule has 194 valence electrons. The van der Waals surface area contributed by atoms with Crippen molar-refractivity contribution < 1.29 is 28.8 Å². The molecule has 4 rings (SSSR count). The lowest BCUT2D eigenvalue weighted by molar-refractivity contribution is -0.139. The van der Waals surface area contributed by atoms with Crippen LogP contribution in [0.1, 0.15) is 31.0 Å². The van der Waals surface area contributed by atoms with Crippen LogP contribution in [0.15, 0.2) is 55.9 Å². The number of esters is 1. The monoisotopic (exact) mass is 588 g/mol. The Morgan fingerprint density at radius 1 is 1.14 bits per heavy atom. The second kappa shape index (κ2) is 10.8. The average Bonchev–Trinajstić information content (AvgIpc) is 3.18. The molecule has 9 nitrogen and oxygen atoms in total. The molecule has 1 unspecified atom stereocenters. The van der Waals surface area contributed by atoms with Gasteiger partial charge in [-0.1, -0.05) is 17.4 Å². The van der Waals surface area contributed by atoms with E-state index in [-0.39, 0.29) is 29.2 Å². The van der Waals surface area contributed by atoms with Crippen LogP contribution in [0.2, 0.25) is 0 Å². The molecule has 0 saturated carbocycles. The molecular formula is C26H25BrN2O7S. The highest BCUT2D eigenvalue weighted by Crippen LogP contribution is 2.37. The number of aromatic hydroxyl groups is 1. The van der Waals surface area contributed by atoms with E-state index in [2.05, 4.69) is 20.9 Å². The first-order valence-corrected chi connectivity index (χ1v) is 12.8. The normalized spacial score (nSPS) is 15.2. The van der Waals surface area contributed by atoms with Crippen molar-refractivity contribution in [3.8, 4) is 23.0 Å². The molecule has 2 heterocycles. The third kappa shape index (κ3) is 4.88. The van der Waals surface area contributed by atoms with Gasteiger partial charge in [0.05, 0.1) is 54.3 Å². The van der Waals surface area contributed by atoms with Gasteiger partial charge in [-0.25, -0.2) is 9.79 Å². The summed E-state index contributed by atoms with van der Waals surface area (Å²) in [4.78, 5) is 31.9. The number of rotatable bonds is 7. The number of nitrogens with zero attached hydrogens (tertiary/aromatic N) is 2. The van der Waals surface area contributed by atoms with Crippen molar-refractivity contribution >= 4 is 39.3 Å². The third-order valence-electron chi connectivity index (χ3n) is 5.81. The number of aromatic nitrogens is 1. The number of carbonyl (C=O) groups excluding carboxylic acids is 1. The lowest BCUT2D eigenvalue weighted by Crippen LogP contribution is -2.40. The first-order valence-electron chi connectivity index (χ1n) is 11.2. The molecule has 1 atom stereocenters. The summed E-state index contributed by atoms with van der Waals surface area (Å²) < 4.78 is 23.7. The van der Waals surface area contributed by atoms with Gasteiger partial charge in [-0.2, -0.15) is 0 Å². The molecular weight excluding hydrogens is 564 g/mol. The second-order valence-corrected chi connectivity index (χ2v) is 9.83. The molecule has 0 bridgehead atoms. The lowest BCUT2D eigenvalue weighted by atomic mass is 9.95. The molecule has 1 N–H and O–H groups in total. The predicted octanol–water partition coefficient (Wildman–Crippen LogP) is 3.29. The average molecular weight is 589 g/mol. The Balaban J connectivity index is 1.97. The Kier molecular flexibility index (Phi) is 7.74. The summed E-state index contributed by atoms with van der Waals surface area (Å²) in [5, 5.41) is 10.1. The van der Waals surface area contributed by atoms with Gasteiger partial charge in [-0.15, -0.1) is 0 Å². The van der Waals surface area contributed by atoms with E-state index in [9.17, 15) is 14.7 Å². The molecule has 11 heteroatoms. The summed E-state index contributed by atoms with van der Waals surface area (Å²) in [6, 6.07) is 7.75. The quantitative estimate of drug-likeness (QED) is 0.422. The van der Waals surface area contributed by atoms with Crippen LogP contribution < -0.4 is 29.1 Å². The zero-order valence-electron chi connectivity index (χ0n) is 20.8. The molecule has 0 fully saturated rings. The van der Waals surface area contributed by atoms with Crippen molar-refractivity contribution in [2.45, 2.75) is 19.9 Å². The molecule has 3 aromatic rings. The van der Waals surface area contributed by atoms with E-state index in [0.717, 1.165) is 0 Å². The number of hydrogen-bond acceptors (Lipinski definition) is 9. The van der Waals surface area contributed by atoms with Gasteiger partial charge in [0, 0.05) is 0 Å². The van der Waals surface area contributed by atoms with Gasteiger partial charge < -0.3 is 24.1 Å². The van der Waals surface area contributed by atoms with Crippen LogP contribution in [0, 0.1) is 0 Å². The maximum atomic E-state index is 13.8. The van der Waals surface area contributed by atoms with Gasteiger partial charge in [0.15, 0.2) is 27.8 Å². The molecule has 0 spiro atoms. The van der Waals surface area contributed by atoms with E-state index in [0.29, 0.717) is 42.1 Å². The fourth-order valence-corrected chi connectivity index (χ4v) is 5.62. The maximum Gasteiger partial charge on any atom is 0.338 e. The number of allylic oxidation sites excluding steroid dienone is 1. The smallest absolute Gasteiger partial charge is 0.338 e. The van der Waals surface area contributed by atoms with Crippen LogP contribution >= 0.6 is 27.3 Å². The summed E-state index contributed by atoms with van der Waals surface area (Å²) in [5.74, 6) is 0.649. The summed E-state index contributed by atoms with van der Waals surface area (Å²) in [7, 11) is 4.50. The van der Waals surface area contributed by atoms with Crippen LogP contribution in [-0.4, -0.2) is 43.6 Å². The first-order chi connectivity index (χ1) is 17.7. The van der Waals surface area contributed by atoms with Crippen molar-refractivity contribution in [1.29, 1.82) is 0 Å². The van der Waals surface area contributed by atoms with Crippen LogP contribution in [0.3, 0.4) is 0 Å². The van der Waals surface area contributed by atoms with Crippen molar-refractivity contribution in [3.05, 3.63) is 76.9 Å². The van der Waals surface area contributed by atoms with E-state index >= 15 is 0 Å². The Bertz CT molecular complexity index is 1590. The Morgan fingerprint density at radius 2 is 1.84 bits per heavy atom. The lowest BCUT2D eigenvalue weighted by Gasteiger charge is -2.25. The van der Waals surface area contributed by atoms with Gasteiger partial charge in [-0.05, 0) is 71.2 Å². The van der Waals surface area contributed by atoms with E-state index in [1.165, 1.54) is 37.2 Å². The van der Waals surface area contributed by atoms with Gasteiger partial charge >= 0.3 is 5.97 Å². The second-order valence-electron chi connectivity index (χ2n) is 7.97. The summed E-state index contributed by atoms with van der Waals surface area (Å²) in [6.07, 6.45) is 1.69. The highest BCUT2D eigenvalue weighted by molar-refractivity contribution is 9.10. The summed E-state index contributed by atoms with van der Waals surface area (Å²) in [5.41, 5.74) is 1.66. The summed E-state index contributed by atoms with van der Waals surface area (Å²) in [6.45, 7) is 3.62. The van der Waals surface area contributed by atoms with Crippen molar-refractivity contribution in [2.75, 3.05) is 27.9 Å². The number of ether oxygens (including phenoxy) is 4. The van der Waals surface area contributed by atoms with E-state index in [1.54, 1.807) is 50.3 Å². The van der Waals surface area contributed by atoms with Crippen LogP contribution in [-0.2, 0) is 9.53 Å². The minimum atomic E-state index is -0.793. The number of phenols is 1. The molecule has 1 aromatic heterocycles. The van der Waals surface area contributed by atoms with Gasteiger partial charge in [0.1, 0.15) is 0 Å². The number of thiazole rings is 1. The number of halogens is 1. The van der Waals surface area contributed by atoms with Crippen molar-refractivity contribution in [1.82, 2.24) is 4.57 Å². The standard InChI is InChI=1S/C26H25BrN2O7S/c1-6-36-25(32)21-13(2)28-26-29(22(21)15-7-8-17(33-3)18(12-15)34-4)24(31)20(37-26)11-14-9-16(27)23(30)19(10-14)35-5/h7-12,22,30H,6H2,1-5H3/b20-11+. The number of fused-ring (bicyclic) bond motifs is 1. The fraction of sp³-hybridized carbons (Fsp3) is 0.269. The fourth-order valence-electron chi connectivity index (χ4n) is 4.11. The molecule has 0 saturated heterocycles. The molecule has 1 aliphatic heterocycles. The SMILES string of the molecule is CCOC(=O)C1=C(C)N=c2s/c(=C/c3cc(Br)c(O)c(OC)c3)c(=O)n2C1c1ccc(OC)c(OC)c1. The van der Waals surface area contributed by atoms with Gasteiger partial charge in [0.2, 0.25) is 0 Å². The molecule has 2 aromatic carbocycles. The minimum Gasteiger partial charge on any atom is -0.503 e. The number of carbonyl (C=O) groups is 1. The molecule has 0 amide bonds. The Labute approximate surface area is 225 Å². The van der Waals surface area contributed by atoms with Crippen LogP contribution in [0.5, 0.6) is 23.0 Å². The number of hydrogen-bond donors (Lipinski definition) is 1. The highest BCUT2D eigenvalue weighted by atomic mass is 79.9. The molecule has 37 heavy (non-hydrogen) atoms. The Morgan fingerprint density at radius 3 is 2.49 bits per heavy atom. The number of benzene rings is 2. The third-order valence-corrected chi connectivity index (χ3v) is 7.40. The Hall–Kier alpha value is -3.57. The van der Waals surface area contributed by atoms with Crippen LogP contribution in [0.25, 0.3) is 6.08 Å². The maximum absolute atomic E-state index is 13.8. The highest BCUT2D eigenvalue weighted by Gasteiger charge is 2.34. The minimum absolute atomic E-state index is 0.0377. The number of phenolic OH excluding ortho intramolecular Hbond substituents is 1. The molecule has 0 aliphatic carbocycles. The van der Waals surface area contributed by atoms with Crippen LogP contribution in [0.4, 0.5) is 0 Å². The van der Waals surface area contributed by atoms with Crippen molar-refractivity contribution in [3.63, 3.8) is 0 Å². The van der Waals surface area contributed by atoms with E-state index in [1.807, 2.05) is 0 Å². The molecule has 0 radical (unpaired) electrons. The van der Waals surface area contributed by atoms with E-state index in [4.69, 9.17) is 18.9 Å².